The average Bonchev–Trinajstić information content (AvgIpc) is 2.59. The molecule has 2 rings (SSSR count). The molecule has 2 aromatic rings. The molecule has 0 atom stereocenters. The van der Waals surface area contributed by atoms with Crippen LogP contribution in [-0.4, -0.2) is 28.8 Å². The number of anilines is 1. The van der Waals surface area contributed by atoms with Crippen LogP contribution in [-0.2, 0) is 11.3 Å². The first-order valence-electron chi connectivity index (χ1n) is 7.44. The van der Waals surface area contributed by atoms with Crippen LogP contribution >= 0.6 is 0 Å². The predicted octanol–water partition coefficient (Wildman–Crippen LogP) is 3.32. The van der Waals surface area contributed by atoms with Crippen molar-refractivity contribution in [3.63, 3.8) is 0 Å². The van der Waals surface area contributed by atoms with Crippen molar-refractivity contribution < 1.29 is 24.2 Å². The van der Waals surface area contributed by atoms with Crippen LogP contribution in [0.1, 0.15) is 29.3 Å². The van der Waals surface area contributed by atoms with Crippen molar-refractivity contribution in [1.29, 1.82) is 0 Å². The Bertz CT molecular complexity index is 703. The van der Waals surface area contributed by atoms with Crippen LogP contribution in [0.2, 0.25) is 0 Å². The fraction of sp³-hybridized carbons (Fsp3) is 0.235. The maximum absolute atomic E-state index is 11.8. The first-order valence-corrected chi connectivity index (χ1v) is 7.44. The second-order valence-corrected chi connectivity index (χ2v) is 4.92. The Morgan fingerprint density at radius 1 is 1.25 bits per heavy atom. The van der Waals surface area contributed by atoms with E-state index in [2.05, 4.69) is 10.3 Å². The Kier molecular flexibility index (Phi) is 6.13. The van der Waals surface area contributed by atoms with Gasteiger partial charge in [0.1, 0.15) is 12.2 Å². The highest BCUT2D eigenvalue weighted by molar-refractivity contribution is 5.93. The lowest BCUT2D eigenvalue weighted by Crippen LogP contribution is -2.15. The Morgan fingerprint density at radius 2 is 2.00 bits per heavy atom. The second kappa shape index (κ2) is 8.52. The summed E-state index contributed by atoms with van der Waals surface area (Å²) in [4.78, 5) is 27.0. The van der Waals surface area contributed by atoms with Crippen LogP contribution in [0.4, 0.5) is 10.5 Å². The molecule has 1 aromatic carbocycles. The van der Waals surface area contributed by atoms with Gasteiger partial charge in [-0.1, -0.05) is 37.3 Å². The van der Waals surface area contributed by atoms with E-state index in [0.29, 0.717) is 6.61 Å². The highest BCUT2D eigenvalue weighted by atomic mass is 16.5. The number of carbonyl (C=O) groups excluding carboxylic acids is 1. The van der Waals surface area contributed by atoms with Gasteiger partial charge >= 0.3 is 12.1 Å². The number of pyridine rings is 1. The minimum atomic E-state index is -1.19. The zero-order valence-corrected chi connectivity index (χ0v) is 13.2. The van der Waals surface area contributed by atoms with Gasteiger partial charge in [0.15, 0.2) is 0 Å². The summed E-state index contributed by atoms with van der Waals surface area (Å²) in [7, 11) is 0. The smallest absolute Gasteiger partial charge is 0.412 e. The molecule has 1 heterocycles. The summed E-state index contributed by atoms with van der Waals surface area (Å²) < 4.78 is 10.3. The number of carbonyl (C=O) groups is 2. The topological polar surface area (TPSA) is 97.8 Å². The third-order valence-electron chi connectivity index (χ3n) is 2.98. The van der Waals surface area contributed by atoms with E-state index in [1.807, 2.05) is 37.3 Å². The summed E-state index contributed by atoms with van der Waals surface area (Å²) in [5.74, 6) is -1.16. The first kappa shape index (κ1) is 17.3. The van der Waals surface area contributed by atoms with Crippen molar-refractivity contribution in [3.05, 3.63) is 53.7 Å². The number of aromatic carboxylic acids is 1. The predicted molar refractivity (Wildman–Crippen MR) is 87.2 cm³/mol. The molecule has 24 heavy (non-hydrogen) atoms. The molecule has 0 saturated carbocycles. The maximum atomic E-state index is 11.8. The number of aromatic nitrogens is 1. The monoisotopic (exact) mass is 330 g/mol. The number of benzene rings is 1. The molecule has 1 amide bonds. The molecule has 0 spiro atoms. The minimum absolute atomic E-state index is 0.0209. The summed E-state index contributed by atoms with van der Waals surface area (Å²) in [5, 5.41) is 11.7. The summed E-state index contributed by atoms with van der Waals surface area (Å²) in [6.07, 6.45) is 1.35. The number of carboxylic acid groups (broad SMARTS) is 1. The normalized spacial score (nSPS) is 10.0. The third kappa shape index (κ3) is 4.98. The lowest BCUT2D eigenvalue weighted by Gasteiger charge is -2.10. The summed E-state index contributed by atoms with van der Waals surface area (Å²) >= 11 is 0. The van der Waals surface area contributed by atoms with Crippen molar-refractivity contribution in [2.75, 3.05) is 11.9 Å². The van der Waals surface area contributed by atoms with Gasteiger partial charge in [0.2, 0.25) is 5.88 Å². The molecular weight excluding hydrogens is 312 g/mol. The van der Waals surface area contributed by atoms with Gasteiger partial charge in [-0.15, -0.1) is 0 Å². The third-order valence-corrected chi connectivity index (χ3v) is 2.98. The van der Waals surface area contributed by atoms with E-state index in [9.17, 15) is 14.7 Å². The highest BCUT2D eigenvalue weighted by Crippen LogP contribution is 2.20. The number of hydrogen-bond donors (Lipinski definition) is 2. The van der Waals surface area contributed by atoms with Gasteiger partial charge in [0, 0.05) is 0 Å². The van der Waals surface area contributed by atoms with Crippen molar-refractivity contribution in [2.45, 2.75) is 20.0 Å². The SMILES string of the molecule is CCCOc1ncc(NC(=O)OCc2ccccc2)cc1C(=O)O. The van der Waals surface area contributed by atoms with Crippen LogP contribution in [0.25, 0.3) is 0 Å². The summed E-state index contributed by atoms with van der Waals surface area (Å²) in [6.45, 7) is 2.38. The van der Waals surface area contributed by atoms with E-state index in [1.165, 1.54) is 12.3 Å². The number of nitrogens with one attached hydrogen (secondary N) is 1. The molecule has 0 aliphatic carbocycles. The quantitative estimate of drug-likeness (QED) is 0.808. The zero-order chi connectivity index (χ0) is 17.4. The Labute approximate surface area is 139 Å². The summed E-state index contributed by atoms with van der Waals surface area (Å²) in [6, 6.07) is 10.5. The van der Waals surface area contributed by atoms with Crippen LogP contribution in [0.15, 0.2) is 42.6 Å². The van der Waals surface area contributed by atoms with E-state index in [4.69, 9.17) is 9.47 Å². The number of hydrogen-bond acceptors (Lipinski definition) is 5. The Balaban J connectivity index is 1.99. The van der Waals surface area contributed by atoms with E-state index in [1.54, 1.807) is 0 Å². The second-order valence-electron chi connectivity index (χ2n) is 4.92. The molecule has 1 aromatic heterocycles. The molecule has 0 saturated heterocycles. The van der Waals surface area contributed by atoms with Crippen molar-refractivity contribution in [1.82, 2.24) is 4.98 Å². The highest BCUT2D eigenvalue weighted by Gasteiger charge is 2.15. The molecule has 0 aliphatic rings. The van der Waals surface area contributed by atoms with Gasteiger partial charge < -0.3 is 14.6 Å². The van der Waals surface area contributed by atoms with Crippen LogP contribution in [0.3, 0.4) is 0 Å². The van der Waals surface area contributed by atoms with Gasteiger partial charge in [0.05, 0.1) is 18.5 Å². The van der Waals surface area contributed by atoms with Gasteiger partial charge in [0.25, 0.3) is 0 Å². The molecule has 2 N–H and O–H groups in total. The molecule has 126 valence electrons. The molecule has 0 aliphatic heterocycles. The van der Waals surface area contributed by atoms with Gasteiger partial charge in [-0.2, -0.15) is 0 Å². The zero-order valence-electron chi connectivity index (χ0n) is 13.2. The fourth-order valence-corrected chi connectivity index (χ4v) is 1.86. The van der Waals surface area contributed by atoms with E-state index in [-0.39, 0.29) is 23.7 Å². The Hall–Kier alpha value is -3.09. The number of carboxylic acids is 1. The molecule has 7 heteroatoms. The van der Waals surface area contributed by atoms with Crippen molar-refractivity contribution in [2.24, 2.45) is 0 Å². The number of amides is 1. The molecule has 7 nitrogen and oxygen atoms in total. The molecule has 0 unspecified atom stereocenters. The molecule has 0 radical (unpaired) electrons. The van der Waals surface area contributed by atoms with E-state index < -0.39 is 12.1 Å². The molecule has 0 bridgehead atoms. The van der Waals surface area contributed by atoms with Crippen molar-refractivity contribution >= 4 is 17.7 Å². The van der Waals surface area contributed by atoms with Gasteiger partial charge in [-0.05, 0) is 18.1 Å². The first-order chi connectivity index (χ1) is 11.6. The summed E-state index contributed by atoms with van der Waals surface area (Å²) in [5.41, 5.74) is 0.943. The largest absolute Gasteiger partial charge is 0.477 e. The van der Waals surface area contributed by atoms with Crippen LogP contribution in [0, 0.1) is 0 Å². The minimum Gasteiger partial charge on any atom is -0.477 e. The molecule has 0 fully saturated rings. The fourth-order valence-electron chi connectivity index (χ4n) is 1.86. The Morgan fingerprint density at radius 3 is 2.67 bits per heavy atom. The van der Waals surface area contributed by atoms with Gasteiger partial charge in [-0.3, -0.25) is 5.32 Å². The lowest BCUT2D eigenvalue weighted by atomic mass is 10.2. The number of nitrogens with zero attached hydrogens (tertiary/aromatic N) is 1. The average molecular weight is 330 g/mol. The van der Waals surface area contributed by atoms with E-state index in [0.717, 1.165) is 12.0 Å². The number of ether oxygens (including phenoxy) is 2. The van der Waals surface area contributed by atoms with E-state index >= 15 is 0 Å². The lowest BCUT2D eigenvalue weighted by molar-refractivity contribution is 0.0691. The van der Waals surface area contributed by atoms with Crippen molar-refractivity contribution in [3.8, 4) is 5.88 Å². The molecular formula is C17H18N2O5. The van der Waals surface area contributed by atoms with Gasteiger partial charge in [-0.25, -0.2) is 14.6 Å². The van der Waals surface area contributed by atoms with Crippen LogP contribution < -0.4 is 10.1 Å². The standard InChI is InChI=1S/C17H18N2O5/c1-2-8-23-15-14(16(20)21)9-13(10-18-15)19-17(22)24-11-12-6-4-3-5-7-12/h3-7,9-10H,2,8,11H2,1H3,(H,19,22)(H,20,21). The van der Waals surface area contributed by atoms with Crippen LogP contribution in [0.5, 0.6) is 5.88 Å². The number of rotatable bonds is 7. The maximum Gasteiger partial charge on any atom is 0.412 e.